The molecule has 2 heterocycles. The minimum Gasteiger partial charge on any atom is -0.467 e. The lowest BCUT2D eigenvalue weighted by atomic mass is 10.1. The number of nitrogens with zero attached hydrogens (tertiary/aromatic N) is 1. The fourth-order valence-corrected chi connectivity index (χ4v) is 3.39. The van der Waals surface area contributed by atoms with Gasteiger partial charge in [-0.3, -0.25) is 9.59 Å². The summed E-state index contributed by atoms with van der Waals surface area (Å²) in [6, 6.07) is 20.0. The quantitative estimate of drug-likeness (QED) is 0.457. The Morgan fingerprint density at radius 2 is 1.77 bits per heavy atom. The smallest absolute Gasteiger partial charge is 0.290 e. The molecule has 0 fully saturated rings. The van der Waals surface area contributed by atoms with E-state index < -0.39 is 5.91 Å². The molecule has 31 heavy (non-hydrogen) atoms. The van der Waals surface area contributed by atoms with Gasteiger partial charge < -0.3 is 23.8 Å². The number of hydrogen-bond donors (Lipinski definition) is 1. The van der Waals surface area contributed by atoms with Gasteiger partial charge in [0.05, 0.1) is 19.4 Å². The summed E-state index contributed by atoms with van der Waals surface area (Å²) in [5.74, 6) is -0.0225. The van der Waals surface area contributed by atoms with Gasteiger partial charge in [-0.1, -0.05) is 36.4 Å². The molecule has 7 nitrogen and oxygen atoms in total. The van der Waals surface area contributed by atoms with Crippen LogP contribution < -0.4 is 5.32 Å². The summed E-state index contributed by atoms with van der Waals surface area (Å²) in [5.41, 5.74) is 1.89. The summed E-state index contributed by atoms with van der Waals surface area (Å²) in [4.78, 5) is 27.6. The molecule has 0 saturated carbocycles. The molecule has 0 atom stereocenters. The van der Waals surface area contributed by atoms with Crippen molar-refractivity contribution >= 4 is 28.5 Å². The number of rotatable bonds is 8. The minimum atomic E-state index is -0.414. The molecule has 0 saturated heterocycles. The van der Waals surface area contributed by atoms with Crippen molar-refractivity contribution in [2.24, 2.45) is 0 Å². The zero-order valence-electron chi connectivity index (χ0n) is 17.0. The van der Waals surface area contributed by atoms with Crippen LogP contribution in [-0.2, 0) is 22.7 Å². The first-order valence-electron chi connectivity index (χ1n) is 9.81. The van der Waals surface area contributed by atoms with Gasteiger partial charge in [-0.05, 0) is 30.3 Å². The van der Waals surface area contributed by atoms with Crippen LogP contribution in [0.25, 0.3) is 11.0 Å². The molecule has 4 rings (SSSR count). The number of para-hydroxylation sites is 2. The summed E-state index contributed by atoms with van der Waals surface area (Å²) >= 11 is 0. The van der Waals surface area contributed by atoms with E-state index in [0.29, 0.717) is 22.6 Å². The Kier molecular flexibility index (Phi) is 6.14. The molecule has 0 bridgehead atoms. The van der Waals surface area contributed by atoms with Gasteiger partial charge in [0.2, 0.25) is 5.91 Å². The van der Waals surface area contributed by atoms with Crippen molar-refractivity contribution in [1.29, 1.82) is 0 Å². The Labute approximate surface area is 179 Å². The number of methoxy groups -OCH3 is 1. The van der Waals surface area contributed by atoms with Crippen LogP contribution in [0, 0.1) is 0 Å². The first-order chi connectivity index (χ1) is 15.2. The van der Waals surface area contributed by atoms with E-state index in [1.165, 1.54) is 11.2 Å². The van der Waals surface area contributed by atoms with E-state index in [-0.39, 0.29) is 31.4 Å². The summed E-state index contributed by atoms with van der Waals surface area (Å²) in [6.07, 6.45) is 1.53. The number of anilines is 1. The normalized spacial score (nSPS) is 10.9. The molecule has 0 radical (unpaired) electrons. The molecular formula is C24H22N2O5. The standard InChI is InChI=1S/C24H22N2O5/c1-29-16-20-19-11-5-6-12-21(19)31-23(20)24(28)26(14-18-10-7-13-30-18)15-22(27)25-17-8-3-2-4-9-17/h2-13H,14-16H2,1H3,(H,25,27). The zero-order chi connectivity index (χ0) is 21.6. The van der Waals surface area contributed by atoms with Crippen LogP contribution in [0.1, 0.15) is 21.9 Å². The molecule has 0 unspecified atom stereocenters. The Morgan fingerprint density at radius 1 is 1.00 bits per heavy atom. The highest BCUT2D eigenvalue weighted by molar-refractivity contribution is 6.01. The van der Waals surface area contributed by atoms with Crippen LogP contribution in [0.3, 0.4) is 0 Å². The number of amides is 2. The van der Waals surface area contributed by atoms with Gasteiger partial charge in [0, 0.05) is 23.7 Å². The molecule has 0 aliphatic rings. The molecule has 1 N–H and O–H groups in total. The van der Waals surface area contributed by atoms with E-state index in [9.17, 15) is 9.59 Å². The van der Waals surface area contributed by atoms with Crippen LogP contribution in [0.5, 0.6) is 0 Å². The summed E-state index contributed by atoms with van der Waals surface area (Å²) < 4.78 is 16.6. The maximum absolute atomic E-state index is 13.5. The van der Waals surface area contributed by atoms with Crippen LogP contribution in [0.2, 0.25) is 0 Å². The van der Waals surface area contributed by atoms with E-state index >= 15 is 0 Å². The van der Waals surface area contributed by atoms with Gasteiger partial charge in [0.1, 0.15) is 17.9 Å². The van der Waals surface area contributed by atoms with E-state index in [1.54, 1.807) is 37.4 Å². The van der Waals surface area contributed by atoms with Crippen molar-refractivity contribution in [3.8, 4) is 0 Å². The predicted molar refractivity (Wildman–Crippen MR) is 115 cm³/mol. The maximum atomic E-state index is 13.5. The highest BCUT2D eigenvalue weighted by atomic mass is 16.5. The number of ether oxygens (including phenoxy) is 1. The third kappa shape index (κ3) is 4.67. The SMILES string of the molecule is COCc1c(C(=O)N(CC(=O)Nc2ccccc2)Cc2ccco2)oc2ccccc12. The third-order valence-electron chi connectivity index (χ3n) is 4.79. The van der Waals surface area contributed by atoms with Crippen LogP contribution >= 0.6 is 0 Å². The molecule has 7 heteroatoms. The van der Waals surface area contributed by atoms with E-state index in [2.05, 4.69) is 5.32 Å². The van der Waals surface area contributed by atoms with E-state index in [1.807, 2.05) is 36.4 Å². The van der Waals surface area contributed by atoms with Crippen molar-refractivity contribution in [2.45, 2.75) is 13.2 Å². The number of hydrogen-bond acceptors (Lipinski definition) is 5. The van der Waals surface area contributed by atoms with E-state index in [4.69, 9.17) is 13.6 Å². The van der Waals surface area contributed by atoms with Gasteiger partial charge in [-0.15, -0.1) is 0 Å². The Balaban J connectivity index is 1.63. The summed E-state index contributed by atoms with van der Waals surface area (Å²) in [5, 5.41) is 3.61. The Bertz CT molecular complexity index is 1170. The van der Waals surface area contributed by atoms with Gasteiger partial charge in [-0.2, -0.15) is 0 Å². The zero-order valence-corrected chi connectivity index (χ0v) is 17.0. The van der Waals surface area contributed by atoms with Crippen LogP contribution in [0.15, 0.2) is 81.8 Å². The second kappa shape index (κ2) is 9.32. The molecule has 4 aromatic rings. The molecule has 2 aromatic heterocycles. The number of nitrogens with one attached hydrogen (secondary N) is 1. The molecule has 2 aromatic carbocycles. The second-order valence-corrected chi connectivity index (χ2v) is 6.99. The summed E-state index contributed by atoms with van der Waals surface area (Å²) in [7, 11) is 1.56. The first kappa shape index (κ1) is 20.4. The van der Waals surface area contributed by atoms with Gasteiger partial charge in [0.15, 0.2) is 5.76 Å². The van der Waals surface area contributed by atoms with Gasteiger partial charge >= 0.3 is 0 Å². The number of benzene rings is 2. The van der Waals surface area contributed by atoms with Crippen LogP contribution in [-0.4, -0.2) is 30.4 Å². The lowest BCUT2D eigenvalue weighted by molar-refractivity contribution is -0.117. The number of fused-ring (bicyclic) bond motifs is 1. The van der Waals surface area contributed by atoms with Crippen molar-refractivity contribution < 1.29 is 23.2 Å². The predicted octanol–water partition coefficient (Wildman–Crippen LogP) is 4.45. The highest BCUT2D eigenvalue weighted by Crippen LogP contribution is 2.28. The van der Waals surface area contributed by atoms with Gasteiger partial charge in [0.25, 0.3) is 5.91 Å². The lowest BCUT2D eigenvalue weighted by Gasteiger charge is -2.20. The average Bonchev–Trinajstić information content (AvgIpc) is 3.42. The first-order valence-corrected chi connectivity index (χ1v) is 9.81. The molecule has 158 valence electrons. The summed E-state index contributed by atoms with van der Waals surface area (Å²) in [6.45, 7) is 0.165. The fraction of sp³-hybridized carbons (Fsp3) is 0.167. The third-order valence-corrected chi connectivity index (χ3v) is 4.79. The number of carbonyl (C=O) groups is 2. The second-order valence-electron chi connectivity index (χ2n) is 6.99. The maximum Gasteiger partial charge on any atom is 0.290 e. The van der Waals surface area contributed by atoms with Crippen molar-refractivity contribution in [3.05, 3.63) is 90.1 Å². The molecule has 0 spiro atoms. The molecular weight excluding hydrogens is 396 g/mol. The molecule has 0 aliphatic carbocycles. The fourth-order valence-electron chi connectivity index (χ4n) is 3.39. The van der Waals surface area contributed by atoms with Crippen molar-refractivity contribution in [2.75, 3.05) is 19.0 Å². The highest BCUT2D eigenvalue weighted by Gasteiger charge is 2.27. The van der Waals surface area contributed by atoms with Gasteiger partial charge in [-0.25, -0.2) is 0 Å². The average molecular weight is 418 g/mol. The number of carbonyl (C=O) groups excluding carboxylic acids is 2. The topological polar surface area (TPSA) is 84.9 Å². The number of furan rings is 2. The van der Waals surface area contributed by atoms with E-state index in [0.717, 1.165) is 5.39 Å². The minimum absolute atomic E-state index is 0.123. The molecule has 2 amide bonds. The Morgan fingerprint density at radius 3 is 2.52 bits per heavy atom. The lowest BCUT2D eigenvalue weighted by Crippen LogP contribution is -2.37. The van der Waals surface area contributed by atoms with Crippen molar-refractivity contribution in [1.82, 2.24) is 4.90 Å². The monoisotopic (exact) mass is 418 g/mol. The Hall–Kier alpha value is -3.84. The van der Waals surface area contributed by atoms with Crippen molar-refractivity contribution in [3.63, 3.8) is 0 Å². The van der Waals surface area contributed by atoms with Crippen LogP contribution in [0.4, 0.5) is 5.69 Å². The largest absolute Gasteiger partial charge is 0.467 e. The molecule has 0 aliphatic heterocycles.